The van der Waals surface area contributed by atoms with E-state index in [-0.39, 0.29) is 11.4 Å². The molecule has 0 amide bonds. The molecule has 2 rings (SSSR count). The quantitative estimate of drug-likeness (QED) is 0.352. The Bertz CT molecular complexity index is 735. The van der Waals surface area contributed by atoms with E-state index in [0.29, 0.717) is 30.2 Å². The summed E-state index contributed by atoms with van der Waals surface area (Å²) < 4.78 is 11.1. The molecule has 0 fully saturated rings. The van der Waals surface area contributed by atoms with Gasteiger partial charge in [-0.2, -0.15) is 0 Å². The standard InChI is InChI=1S/C22H27ClO3/c1-15-13-19(14-16(2)21(15)23)26-20(24)7-6-12-25-18-10-8-17(9-11-18)22(3,4)5/h8-11,13-14H,6-7,12H2,1-5H3. The highest BCUT2D eigenvalue weighted by Gasteiger charge is 2.13. The third-order valence-corrected chi connectivity index (χ3v) is 4.75. The average Bonchev–Trinajstić information content (AvgIpc) is 2.56. The maximum absolute atomic E-state index is 12.0. The van der Waals surface area contributed by atoms with Gasteiger partial charge in [-0.15, -0.1) is 0 Å². The highest BCUT2D eigenvalue weighted by atomic mass is 35.5. The third kappa shape index (κ3) is 5.77. The van der Waals surface area contributed by atoms with Crippen LogP contribution in [0.25, 0.3) is 0 Å². The highest BCUT2D eigenvalue weighted by molar-refractivity contribution is 6.32. The summed E-state index contributed by atoms with van der Waals surface area (Å²) in [5.74, 6) is 1.08. The van der Waals surface area contributed by atoms with Gasteiger partial charge in [0.25, 0.3) is 0 Å². The van der Waals surface area contributed by atoms with Gasteiger partial charge >= 0.3 is 5.97 Å². The molecular weight excluding hydrogens is 348 g/mol. The number of carbonyl (C=O) groups is 1. The Hall–Kier alpha value is -2.00. The molecule has 2 aromatic carbocycles. The molecule has 0 aliphatic heterocycles. The summed E-state index contributed by atoms with van der Waals surface area (Å²) >= 11 is 6.12. The predicted molar refractivity (Wildman–Crippen MR) is 106 cm³/mol. The monoisotopic (exact) mass is 374 g/mol. The van der Waals surface area contributed by atoms with Crippen molar-refractivity contribution in [3.05, 3.63) is 58.1 Å². The summed E-state index contributed by atoms with van der Waals surface area (Å²) in [5.41, 5.74) is 3.19. The summed E-state index contributed by atoms with van der Waals surface area (Å²) in [4.78, 5) is 12.0. The van der Waals surface area contributed by atoms with Crippen LogP contribution in [0.15, 0.2) is 36.4 Å². The topological polar surface area (TPSA) is 35.5 Å². The Morgan fingerprint density at radius 1 is 1.00 bits per heavy atom. The second-order valence-electron chi connectivity index (χ2n) is 7.57. The number of hydrogen-bond acceptors (Lipinski definition) is 3. The number of carbonyl (C=O) groups excluding carboxylic acids is 1. The molecule has 3 nitrogen and oxygen atoms in total. The van der Waals surface area contributed by atoms with Gasteiger partial charge in [-0.25, -0.2) is 0 Å². The van der Waals surface area contributed by atoms with E-state index in [4.69, 9.17) is 21.1 Å². The largest absolute Gasteiger partial charge is 0.494 e. The van der Waals surface area contributed by atoms with Gasteiger partial charge in [0, 0.05) is 11.4 Å². The lowest BCUT2D eigenvalue weighted by molar-refractivity contribution is -0.134. The number of ether oxygens (including phenoxy) is 2. The minimum atomic E-state index is -0.266. The van der Waals surface area contributed by atoms with Crippen molar-refractivity contribution in [3.8, 4) is 11.5 Å². The molecule has 26 heavy (non-hydrogen) atoms. The molecule has 0 atom stereocenters. The summed E-state index contributed by atoms with van der Waals surface area (Å²) in [6.45, 7) is 10.8. The number of rotatable bonds is 6. The molecule has 0 saturated heterocycles. The van der Waals surface area contributed by atoms with Gasteiger partial charge in [0.1, 0.15) is 11.5 Å². The molecule has 0 aromatic heterocycles. The zero-order chi connectivity index (χ0) is 19.3. The predicted octanol–water partition coefficient (Wildman–Crippen LogP) is 6.02. The van der Waals surface area contributed by atoms with Crippen LogP contribution >= 0.6 is 11.6 Å². The van der Waals surface area contributed by atoms with E-state index < -0.39 is 0 Å². The number of aryl methyl sites for hydroxylation is 2. The van der Waals surface area contributed by atoms with Crippen LogP contribution in [0.1, 0.15) is 50.3 Å². The highest BCUT2D eigenvalue weighted by Crippen LogP contribution is 2.26. The lowest BCUT2D eigenvalue weighted by Gasteiger charge is -2.19. The van der Waals surface area contributed by atoms with Crippen LogP contribution in [-0.2, 0) is 10.2 Å². The van der Waals surface area contributed by atoms with E-state index in [1.165, 1.54) is 5.56 Å². The molecule has 4 heteroatoms. The first-order valence-electron chi connectivity index (χ1n) is 8.87. The van der Waals surface area contributed by atoms with E-state index in [1.54, 1.807) is 12.1 Å². The van der Waals surface area contributed by atoms with Gasteiger partial charge in [-0.3, -0.25) is 4.79 Å². The van der Waals surface area contributed by atoms with Crippen LogP contribution in [0.3, 0.4) is 0 Å². The molecule has 0 heterocycles. The Morgan fingerprint density at radius 3 is 2.12 bits per heavy atom. The summed E-state index contributed by atoms with van der Waals surface area (Å²) in [6.07, 6.45) is 0.909. The first kappa shape index (κ1) is 20.3. The van der Waals surface area contributed by atoms with Crippen molar-refractivity contribution in [2.45, 2.75) is 52.9 Å². The summed E-state index contributed by atoms with van der Waals surface area (Å²) in [7, 11) is 0. The first-order chi connectivity index (χ1) is 12.2. The van der Waals surface area contributed by atoms with E-state index in [0.717, 1.165) is 16.9 Å². The molecule has 0 bridgehead atoms. The lowest BCUT2D eigenvalue weighted by atomic mass is 9.87. The van der Waals surface area contributed by atoms with Crippen LogP contribution in [0.4, 0.5) is 0 Å². The van der Waals surface area contributed by atoms with Crippen molar-refractivity contribution < 1.29 is 14.3 Å². The summed E-state index contributed by atoms with van der Waals surface area (Å²) in [6, 6.07) is 11.7. The molecule has 0 aliphatic carbocycles. The molecule has 0 N–H and O–H groups in total. The van der Waals surface area contributed by atoms with Crippen molar-refractivity contribution in [1.82, 2.24) is 0 Å². The molecule has 2 aromatic rings. The van der Waals surface area contributed by atoms with Crippen molar-refractivity contribution in [2.75, 3.05) is 6.61 Å². The van der Waals surface area contributed by atoms with Crippen molar-refractivity contribution >= 4 is 17.6 Å². The molecule has 0 aliphatic rings. The molecule has 0 spiro atoms. The van der Waals surface area contributed by atoms with Gasteiger partial charge in [0.15, 0.2) is 0 Å². The lowest BCUT2D eigenvalue weighted by Crippen LogP contribution is -2.11. The van der Waals surface area contributed by atoms with Crippen LogP contribution in [0, 0.1) is 13.8 Å². The first-order valence-corrected chi connectivity index (χ1v) is 9.25. The van der Waals surface area contributed by atoms with Crippen molar-refractivity contribution in [1.29, 1.82) is 0 Å². The zero-order valence-corrected chi connectivity index (χ0v) is 16.9. The van der Waals surface area contributed by atoms with Crippen molar-refractivity contribution in [2.24, 2.45) is 0 Å². The van der Waals surface area contributed by atoms with Gasteiger partial charge in [0.05, 0.1) is 6.61 Å². The second-order valence-corrected chi connectivity index (χ2v) is 7.95. The number of benzene rings is 2. The van der Waals surface area contributed by atoms with Gasteiger partial charge in [-0.05, 0) is 66.6 Å². The Balaban J connectivity index is 1.77. The second kappa shape index (κ2) is 8.59. The van der Waals surface area contributed by atoms with Gasteiger partial charge in [-0.1, -0.05) is 44.5 Å². The van der Waals surface area contributed by atoms with Crippen LogP contribution < -0.4 is 9.47 Å². The molecular formula is C22H27ClO3. The van der Waals surface area contributed by atoms with Gasteiger partial charge in [0.2, 0.25) is 0 Å². The average molecular weight is 375 g/mol. The van der Waals surface area contributed by atoms with Gasteiger partial charge < -0.3 is 9.47 Å². The van der Waals surface area contributed by atoms with E-state index in [1.807, 2.05) is 26.0 Å². The number of halogens is 1. The van der Waals surface area contributed by atoms with Crippen molar-refractivity contribution in [3.63, 3.8) is 0 Å². The molecule has 0 saturated carbocycles. The Morgan fingerprint density at radius 2 is 1.58 bits per heavy atom. The SMILES string of the molecule is Cc1cc(OC(=O)CCCOc2ccc(C(C)(C)C)cc2)cc(C)c1Cl. The van der Waals surface area contributed by atoms with Crippen LogP contribution in [-0.4, -0.2) is 12.6 Å². The van der Waals surface area contributed by atoms with E-state index >= 15 is 0 Å². The minimum absolute atomic E-state index is 0.126. The third-order valence-electron chi connectivity index (χ3n) is 4.16. The Labute approximate surface area is 161 Å². The van der Waals surface area contributed by atoms with E-state index in [9.17, 15) is 4.79 Å². The fourth-order valence-corrected chi connectivity index (χ4v) is 2.71. The minimum Gasteiger partial charge on any atom is -0.494 e. The summed E-state index contributed by atoms with van der Waals surface area (Å²) in [5, 5.41) is 0.704. The smallest absolute Gasteiger partial charge is 0.311 e. The van der Waals surface area contributed by atoms with Crippen LogP contribution in [0.2, 0.25) is 5.02 Å². The fraction of sp³-hybridized carbons (Fsp3) is 0.409. The maximum Gasteiger partial charge on any atom is 0.311 e. The number of hydrogen-bond donors (Lipinski definition) is 0. The van der Waals surface area contributed by atoms with Crippen LogP contribution in [0.5, 0.6) is 11.5 Å². The number of esters is 1. The zero-order valence-electron chi connectivity index (χ0n) is 16.2. The Kier molecular flexibility index (Phi) is 6.71. The molecule has 0 radical (unpaired) electrons. The fourth-order valence-electron chi connectivity index (χ4n) is 2.61. The maximum atomic E-state index is 12.0. The normalized spacial score (nSPS) is 11.3. The molecule has 140 valence electrons. The van der Waals surface area contributed by atoms with E-state index in [2.05, 4.69) is 32.9 Å². The molecule has 0 unspecified atom stereocenters.